The molecule has 4 heteroatoms. The van der Waals surface area contributed by atoms with Gasteiger partial charge in [0.05, 0.1) is 16.7 Å². The monoisotopic (exact) mass is 272 g/mol. The van der Waals surface area contributed by atoms with Crippen molar-refractivity contribution in [2.24, 2.45) is 0 Å². The lowest BCUT2D eigenvalue weighted by Crippen LogP contribution is -1.98. The number of fused-ring (bicyclic) bond motifs is 1. The van der Waals surface area contributed by atoms with Gasteiger partial charge in [-0.3, -0.25) is 4.57 Å². The van der Waals surface area contributed by atoms with Gasteiger partial charge in [0.15, 0.2) is 4.77 Å². The van der Waals surface area contributed by atoms with Gasteiger partial charge in [-0.15, -0.1) is 0 Å². The van der Waals surface area contributed by atoms with Gasteiger partial charge in [0.1, 0.15) is 5.82 Å². The smallest absolute Gasteiger partial charge is 0.182 e. The summed E-state index contributed by atoms with van der Waals surface area (Å²) in [5.74, 6) is -0.263. The molecule has 0 amide bonds. The van der Waals surface area contributed by atoms with Crippen molar-refractivity contribution >= 4 is 23.3 Å². The van der Waals surface area contributed by atoms with Crippen LogP contribution in [0.5, 0.6) is 0 Å². The Bertz CT molecular complexity index is 830. The number of aryl methyl sites for hydroxylation is 2. The molecule has 0 aliphatic heterocycles. The molecule has 0 saturated heterocycles. The van der Waals surface area contributed by atoms with Crippen LogP contribution in [0.1, 0.15) is 11.1 Å². The molecule has 96 valence electrons. The highest BCUT2D eigenvalue weighted by molar-refractivity contribution is 7.71. The zero-order chi connectivity index (χ0) is 13.6. The van der Waals surface area contributed by atoms with Crippen LogP contribution in [0, 0.1) is 24.4 Å². The van der Waals surface area contributed by atoms with Crippen LogP contribution < -0.4 is 0 Å². The predicted molar refractivity (Wildman–Crippen MR) is 77.9 cm³/mol. The zero-order valence-electron chi connectivity index (χ0n) is 10.7. The largest absolute Gasteiger partial charge is 0.330 e. The van der Waals surface area contributed by atoms with Crippen molar-refractivity contribution in [1.29, 1.82) is 0 Å². The normalized spacial score (nSPS) is 11.1. The Morgan fingerprint density at radius 1 is 1.11 bits per heavy atom. The fourth-order valence-electron chi connectivity index (χ4n) is 2.28. The van der Waals surface area contributed by atoms with Gasteiger partial charge in [0, 0.05) is 6.07 Å². The Kier molecular flexibility index (Phi) is 2.75. The highest BCUT2D eigenvalue weighted by atomic mass is 32.1. The number of rotatable bonds is 1. The number of aromatic nitrogens is 2. The van der Waals surface area contributed by atoms with E-state index in [2.05, 4.69) is 17.1 Å². The molecule has 2 nitrogen and oxygen atoms in total. The Morgan fingerprint density at radius 2 is 1.89 bits per heavy atom. The number of H-pyrrole nitrogens is 1. The first-order valence-corrected chi connectivity index (χ1v) is 6.45. The predicted octanol–water partition coefficient (Wildman–Crippen LogP) is 4.44. The average Bonchev–Trinajstić information content (AvgIpc) is 2.68. The van der Waals surface area contributed by atoms with E-state index in [1.54, 1.807) is 6.07 Å². The number of nitrogens with one attached hydrogen (secondary N) is 1. The summed E-state index contributed by atoms with van der Waals surface area (Å²) in [4.78, 5) is 3.11. The number of nitrogens with zero attached hydrogens (tertiary/aromatic N) is 1. The fourth-order valence-corrected chi connectivity index (χ4v) is 2.58. The highest BCUT2D eigenvalue weighted by Gasteiger charge is 2.09. The average molecular weight is 272 g/mol. The Labute approximate surface area is 115 Å². The maximum absolute atomic E-state index is 13.5. The quantitative estimate of drug-likeness (QED) is 0.649. The van der Waals surface area contributed by atoms with E-state index < -0.39 is 0 Å². The van der Waals surface area contributed by atoms with E-state index in [0.29, 0.717) is 4.77 Å². The van der Waals surface area contributed by atoms with Crippen molar-refractivity contribution in [3.8, 4) is 5.69 Å². The molecule has 1 N–H and O–H groups in total. The number of aromatic amines is 1. The molecule has 0 bridgehead atoms. The van der Waals surface area contributed by atoms with Crippen molar-refractivity contribution in [2.75, 3.05) is 0 Å². The molecule has 0 aliphatic rings. The molecular formula is C15H13FN2S. The maximum atomic E-state index is 13.5. The van der Waals surface area contributed by atoms with E-state index in [1.807, 2.05) is 24.5 Å². The second-order valence-corrected chi connectivity index (χ2v) is 5.10. The van der Waals surface area contributed by atoms with Gasteiger partial charge in [-0.1, -0.05) is 12.1 Å². The Morgan fingerprint density at radius 3 is 2.68 bits per heavy atom. The van der Waals surface area contributed by atoms with Gasteiger partial charge >= 0.3 is 0 Å². The summed E-state index contributed by atoms with van der Waals surface area (Å²) >= 11 is 5.37. The molecule has 0 atom stereocenters. The van der Waals surface area contributed by atoms with E-state index in [9.17, 15) is 4.39 Å². The summed E-state index contributed by atoms with van der Waals surface area (Å²) < 4.78 is 15.9. The lowest BCUT2D eigenvalue weighted by molar-refractivity contribution is 0.629. The number of halogens is 1. The molecule has 3 aromatic rings. The number of hydrogen-bond acceptors (Lipinski definition) is 1. The SMILES string of the molecule is Cc1ccc(C)c(-n2c(=S)[nH]c3ccc(F)cc32)c1. The summed E-state index contributed by atoms with van der Waals surface area (Å²) in [7, 11) is 0. The van der Waals surface area contributed by atoms with Gasteiger partial charge in [-0.2, -0.15) is 0 Å². The third kappa shape index (κ3) is 1.98. The van der Waals surface area contributed by atoms with Gasteiger partial charge in [0.25, 0.3) is 0 Å². The first kappa shape index (κ1) is 12.1. The van der Waals surface area contributed by atoms with Crippen LogP contribution in [0.3, 0.4) is 0 Å². The minimum atomic E-state index is -0.263. The van der Waals surface area contributed by atoms with Crippen molar-refractivity contribution < 1.29 is 4.39 Å². The van der Waals surface area contributed by atoms with Crippen LogP contribution in [-0.4, -0.2) is 9.55 Å². The molecule has 0 radical (unpaired) electrons. The van der Waals surface area contributed by atoms with Gasteiger partial charge < -0.3 is 4.98 Å². The van der Waals surface area contributed by atoms with Crippen molar-refractivity contribution in [1.82, 2.24) is 9.55 Å². The third-order valence-electron chi connectivity index (χ3n) is 3.25. The van der Waals surface area contributed by atoms with Crippen molar-refractivity contribution in [2.45, 2.75) is 13.8 Å². The molecule has 19 heavy (non-hydrogen) atoms. The minimum absolute atomic E-state index is 0.263. The summed E-state index contributed by atoms with van der Waals surface area (Å²) in [6, 6.07) is 10.8. The summed E-state index contributed by atoms with van der Waals surface area (Å²) in [6.45, 7) is 4.05. The number of imidazole rings is 1. The molecule has 0 unspecified atom stereocenters. The van der Waals surface area contributed by atoms with E-state index in [1.165, 1.54) is 12.1 Å². The van der Waals surface area contributed by atoms with Gasteiger partial charge in [-0.25, -0.2) is 4.39 Å². The Hall–Kier alpha value is -1.94. The van der Waals surface area contributed by atoms with E-state index in [-0.39, 0.29) is 5.82 Å². The number of hydrogen-bond donors (Lipinski definition) is 1. The molecule has 3 rings (SSSR count). The summed E-state index contributed by atoms with van der Waals surface area (Å²) in [6.07, 6.45) is 0. The van der Waals surface area contributed by atoms with Gasteiger partial charge in [-0.05, 0) is 55.4 Å². The van der Waals surface area contributed by atoms with Crippen molar-refractivity contribution in [3.05, 3.63) is 58.1 Å². The van der Waals surface area contributed by atoms with Crippen LogP contribution in [0.4, 0.5) is 4.39 Å². The first-order valence-electron chi connectivity index (χ1n) is 6.04. The van der Waals surface area contributed by atoms with E-state index >= 15 is 0 Å². The molecule has 2 aromatic carbocycles. The molecule has 0 aliphatic carbocycles. The zero-order valence-corrected chi connectivity index (χ0v) is 11.5. The molecule has 0 fully saturated rings. The minimum Gasteiger partial charge on any atom is -0.330 e. The molecule has 0 saturated carbocycles. The van der Waals surface area contributed by atoms with Crippen LogP contribution in [0.2, 0.25) is 0 Å². The third-order valence-corrected chi connectivity index (χ3v) is 3.54. The first-order chi connectivity index (χ1) is 9.06. The van der Waals surface area contributed by atoms with E-state index in [4.69, 9.17) is 12.2 Å². The van der Waals surface area contributed by atoms with Crippen LogP contribution in [-0.2, 0) is 0 Å². The second-order valence-electron chi connectivity index (χ2n) is 4.72. The standard InChI is InChI=1S/C15H13FN2S/c1-9-3-4-10(2)13(7-9)18-14-8-11(16)5-6-12(14)17-15(18)19/h3-8H,1-2H3,(H,17,19). The fraction of sp³-hybridized carbons (Fsp3) is 0.133. The number of benzene rings is 2. The Balaban J connectivity index is 2.42. The summed E-state index contributed by atoms with van der Waals surface area (Å²) in [5.41, 5.74) is 4.84. The van der Waals surface area contributed by atoms with Crippen LogP contribution in [0.15, 0.2) is 36.4 Å². The molecular weight excluding hydrogens is 259 g/mol. The topological polar surface area (TPSA) is 20.7 Å². The molecule has 1 heterocycles. The molecule has 1 aromatic heterocycles. The highest BCUT2D eigenvalue weighted by Crippen LogP contribution is 2.23. The lowest BCUT2D eigenvalue weighted by atomic mass is 10.1. The van der Waals surface area contributed by atoms with Crippen LogP contribution in [0.25, 0.3) is 16.7 Å². The maximum Gasteiger partial charge on any atom is 0.182 e. The van der Waals surface area contributed by atoms with Crippen LogP contribution >= 0.6 is 12.2 Å². The second kappa shape index (κ2) is 4.31. The molecule has 0 spiro atoms. The lowest BCUT2D eigenvalue weighted by Gasteiger charge is -2.09. The van der Waals surface area contributed by atoms with E-state index in [0.717, 1.165) is 27.8 Å². The summed E-state index contributed by atoms with van der Waals surface area (Å²) in [5, 5.41) is 0. The van der Waals surface area contributed by atoms with Crippen molar-refractivity contribution in [3.63, 3.8) is 0 Å². The van der Waals surface area contributed by atoms with Gasteiger partial charge in [0.2, 0.25) is 0 Å².